The Morgan fingerprint density at radius 3 is 2.56 bits per heavy atom. The van der Waals surface area contributed by atoms with Crippen LogP contribution in [-0.2, 0) is 9.53 Å². The van der Waals surface area contributed by atoms with E-state index in [-0.39, 0.29) is 6.42 Å². The number of aliphatic hydroxyl groups excluding tert-OH is 2. The summed E-state index contributed by atoms with van der Waals surface area (Å²) >= 11 is 0. The predicted octanol–water partition coefficient (Wildman–Crippen LogP) is 1.44. The van der Waals surface area contributed by atoms with Crippen LogP contribution in [0.4, 0.5) is 0 Å². The molecule has 1 aliphatic rings. The highest BCUT2D eigenvalue weighted by molar-refractivity contribution is 5.66. The molecule has 0 aliphatic heterocycles. The number of methoxy groups -OCH3 is 1. The topological polar surface area (TPSA) is 87.0 Å². The molecular weight excluding hydrogens is 236 g/mol. The minimum Gasteiger partial charge on any atom is -0.501 e. The molecule has 0 heterocycles. The molecule has 0 amide bonds. The molecular formula is C13H22O5. The molecule has 104 valence electrons. The maximum atomic E-state index is 10.3. The molecule has 0 aromatic heterocycles. The molecule has 0 radical (unpaired) electrons. The molecule has 0 fully saturated rings. The van der Waals surface area contributed by atoms with Crippen molar-refractivity contribution < 1.29 is 24.9 Å². The van der Waals surface area contributed by atoms with Crippen LogP contribution in [0.5, 0.6) is 0 Å². The molecule has 2 atom stereocenters. The lowest BCUT2D eigenvalue weighted by Gasteiger charge is -2.11. The van der Waals surface area contributed by atoms with Crippen molar-refractivity contribution in [3.63, 3.8) is 0 Å². The first kappa shape index (κ1) is 15.0. The third-order valence-electron chi connectivity index (χ3n) is 3.31. The van der Waals surface area contributed by atoms with Crippen molar-refractivity contribution in [2.75, 3.05) is 7.11 Å². The van der Waals surface area contributed by atoms with Crippen molar-refractivity contribution in [3.05, 3.63) is 11.3 Å². The van der Waals surface area contributed by atoms with E-state index in [0.29, 0.717) is 25.0 Å². The third kappa shape index (κ3) is 4.31. The number of carboxylic acids is 1. The highest BCUT2D eigenvalue weighted by Gasteiger charge is 2.32. The Hall–Kier alpha value is -1.07. The minimum absolute atomic E-state index is 0.216. The zero-order valence-electron chi connectivity index (χ0n) is 10.8. The van der Waals surface area contributed by atoms with Crippen molar-refractivity contribution >= 4 is 5.97 Å². The van der Waals surface area contributed by atoms with Gasteiger partial charge in [0.05, 0.1) is 13.2 Å². The summed E-state index contributed by atoms with van der Waals surface area (Å²) < 4.78 is 5.16. The van der Waals surface area contributed by atoms with E-state index in [2.05, 4.69) is 0 Å². The molecule has 0 aromatic carbocycles. The zero-order chi connectivity index (χ0) is 13.5. The fourth-order valence-corrected chi connectivity index (χ4v) is 2.28. The smallest absolute Gasteiger partial charge is 0.303 e. The van der Waals surface area contributed by atoms with Crippen molar-refractivity contribution in [1.29, 1.82) is 0 Å². The number of unbranched alkanes of at least 4 members (excludes halogenated alkanes) is 3. The molecule has 1 aliphatic carbocycles. The van der Waals surface area contributed by atoms with Gasteiger partial charge in [-0.1, -0.05) is 12.8 Å². The van der Waals surface area contributed by atoms with Gasteiger partial charge in [0, 0.05) is 12.8 Å². The lowest BCUT2D eigenvalue weighted by atomic mass is 10.0. The van der Waals surface area contributed by atoms with Crippen molar-refractivity contribution in [3.8, 4) is 0 Å². The van der Waals surface area contributed by atoms with E-state index in [4.69, 9.17) is 9.84 Å². The molecule has 5 heteroatoms. The van der Waals surface area contributed by atoms with E-state index < -0.39 is 18.2 Å². The second kappa shape index (κ2) is 7.38. The maximum Gasteiger partial charge on any atom is 0.303 e. The van der Waals surface area contributed by atoms with E-state index in [9.17, 15) is 15.0 Å². The van der Waals surface area contributed by atoms with Crippen molar-refractivity contribution in [1.82, 2.24) is 0 Å². The Morgan fingerprint density at radius 2 is 1.94 bits per heavy atom. The molecule has 0 aromatic rings. The normalized spacial score (nSPS) is 23.5. The van der Waals surface area contributed by atoms with Gasteiger partial charge in [0.2, 0.25) is 0 Å². The SMILES string of the molecule is COC1=C(CCCCCCC(=O)O)C(O)C(O)C1. The number of hydrogen-bond donors (Lipinski definition) is 3. The lowest BCUT2D eigenvalue weighted by molar-refractivity contribution is -0.137. The Balaban J connectivity index is 2.23. The number of ether oxygens (including phenoxy) is 1. The third-order valence-corrected chi connectivity index (χ3v) is 3.31. The number of aliphatic carboxylic acids is 1. The van der Waals surface area contributed by atoms with E-state index in [1.165, 1.54) is 0 Å². The van der Waals surface area contributed by atoms with Gasteiger partial charge >= 0.3 is 5.97 Å². The largest absolute Gasteiger partial charge is 0.501 e. The monoisotopic (exact) mass is 258 g/mol. The molecule has 5 nitrogen and oxygen atoms in total. The molecule has 0 saturated heterocycles. The van der Waals surface area contributed by atoms with Crippen LogP contribution in [0.15, 0.2) is 11.3 Å². The van der Waals surface area contributed by atoms with Crippen LogP contribution in [0.25, 0.3) is 0 Å². The van der Waals surface area contributed by atoms with Crippen LogP contribution in [0.1, 0.15) is 44.9 Å². The van der Waals surface area contributed by atoms with E-state index in [1.54, 1.807) is 7.11 Å². The Kier molecular flexibility index (Phi) is 6.15. The summed E-state index contributed by atoms with van der Waals surface area (Å²) in [5, 5.41) is 27.8. The molecule has 0 saturated carbocycles. The number of carboxylic acid groups (broad SMARTS) is 1. The summed E-state index contributed by atoms with van der Waals surface area (Å²) in [6, 6.07) is 0. The second-order valence-corrected chi connectivity index (χ2v) is 4.68. The van der Waals surface area contributed by atoms with Gasteiger partial charge in [0.1, 0.15) is 11.9 Å². The minimum atomic E-state index is -0.807. The standard InChI is InChI=1S/C13H22O5/c1-18-11-8-10(14)13(17)9(11)6-4-2-3-5-7-12(15)16/h10,13-14,17H,2-8H2,1H3,(H,15,16). The van der Waals surface area contributed by atoms with Gasteiger partial charge in [-0.2, -0.15) is 0 Å². The van der Waals surface area contributed by atoms with E-state index in [1.807, 2.05) is 0 Å². The van der Waals surface area contributed by atoms with Gasteiger partial charge in [-0.3, -0.25) is 4.79 Å². The Bertz CT molecular complexity index is 311. The van der Waals surface area contributed by atoms with Gasteiger partial charge in [0.25, 0.3) is 0 Å². The summed E-state index contributed by atoms with van der Waals surface area (Å²) in [6.07, 6.45) is 3.12. The number of rotatable bonds is 8. The van der Waals surface area contributed by atoms with Gasteiger partial charge in [-0.05, 0) is 24.8 Å². The first-order chi connectivity index (χ1) is 8.56. The lowest BCUT2D eigenvalue weighted by Crippen LogP contribution is -2.21. The highest BCUT2D eigenvalue weighted by Crippen LogP contribution is 2.31. The van der Waals surface area contributed by atoms with E-state index >= 15 is 0 Å². The average Bonchev–Trinajstić information content (AvgIpc) is 2.60. The maximum absolute atomic E-state index is 10.3. The summed E-state index contributed by atoms with van der Waals surface area (Å²) in [7, 11) is 1.55. The van der Waals surface area contributed by atoms with Gasteiger partial charge in [-0.15, -0.1) is 0 Å². The van der Waals surface area contributed by atoms with Crippen LogP contribution < -0.4 is 0 Å². The van der Waals surface area contributed by atoms with Crippen LogP contribution in [-0.4, -0.2) is 40.6 Å². The van der Waals surface area contributed by atoms with Gasteiger partial charge < -0.3 is 20.1 Å². The Morgan fingerprint density at radius 1 is 1.28 bits per heavy atom. The van der Waals surface area contributed by atoms with Crippen LogP contribution in [0.2, 0.25) is 0 Å². The zero-order valence-corrected chi connectivity index (χ0v) is 10.8. The molecule has 18 heavy (non-hydrogen) atoms. The van der Waals surface area contributed by atoms with Crippen LogP contribution in [0.3, 0.4) is 0 Å². The summed E-state index contributed by atoms with van der Waals surface area (Å²) in [4.78, 5) is 10.3. The second-order valence-electron chi connectivity index (χ2n) is 4.68. The van der Waals surface area contributed by atoms with Crippen LogP contribution in [0, 0.1) is 0 Å². The summed E-state index contributed by atoms with van der Waals surface area (Å²) in [5.74, 6) is -0.0609. The Labute approximate surface area is 107 Å². The molecule has 0 spiro atoms. The van der Waals surface area contributed by atoms with Crippen molar-refractivity contribution in [2.45, 2.75) is 57.2 Å². The number of hydrogen-bond acceptors (Lipinski definition) is 4. The first-order valence-electron chi connectivity index (χ1n) is 6.40. The average molecular weight is 258 g/mol. The first-order valence-corrected chi connectivity index (χ1v) is 6.40. The molecule has 1 rings (SSSR count). The quantitative estimate of drug-likeness (QED) is 0.573. The van der Waals surface area contributed by atoms with Gasteiger partial charge in [-0.25, -0.2) is 0 Å². The summed E-state index contributed by atoms with van der Waals surface area (Å²) in [5.41, 5.74) is 0.795. The van der Waals surface area contributed by atoms with E-state index in [0.717, 1.165) is 24.8 Å². The molecule has 0 bridgehead atoms. The predicted molar refractivity (Wildman–Crippen MR) is 66.0 cm³/mol. The fraction of sp³-hybridized carbons (Fsp3) is 0.769. The van der Waals surface area contributed by atoms with Crippen molar-refractivity contribution in [2.24, 2.45) is 0 Å². The number of aliphatic hydroxyl groups is 2. The summed E-state index contributed by atoms with van der Waals surface area (Å²) in [6.45, 7) is 0. The van der Waals surface area contributed by atoms with Crippen LogP contribution >= 0.6 is 0 Å². The number of carbonyl (C=O) groups is 1. The molecule has 2 unspecified atom stereocenters. The van der Waals surface area contributed by atoms with Gasteiger partial charge in [0.15, 0.2) is 0 Å². The highest BCUT2D eigenvalue weighted by atomic mass is 16.5. The fourth-order valence-electron chi connectivity index (χ4n) is 2.28. The molecule has 3 N–H and O–H groups in total.